The van der Waals surface area contributed by atoms with Gasteiger partial charge in [0.2, 0.25) is 5.91 Å². The van der Waals surface area contributed by atoms with Gasteiger partial charge in [-0.1, -0.05) is 24.3 Å². The number of hydrogen-bond donors (Lipinski definition) is 1. The lowest BCUT2D eigenvalue weighted by molar-refractivity contribution is -0.119. The Hall–Kier alpha value is -1.49. The van der Waals surface area contributed by atoms with Crippen LogP contribution in [-0.2, 0) is 15.6 Å². The molecule has 1 aromatic rings. The highest BCUT2D eigenvalue weighted by Crippen LogP contribution is 2.08. The first-order valence-electron chi connectivity index (χ1n) is 6.13. The van der Waals surface area contributed by atoms with E-state index >= 15 is 0 Å². The minimum atomic E-state index is -1.47. The number of ketones is 1. The fourth-order valence-corrected chi connectivity index (χ4v) is 2.60. The minimum Gasteiger partial charge on any atom is -0.353 e. The normalized spacial score (nSPS) is 12.2. The maximum atomic E-state index is 12.0. The number of Topliss-reactive ketones (excluding diaryl/α,β-unsaturated/α-hetero) is 1. The smallest absolute Gasteiger partial charge is 0.232 e. The second-order valence-corrected chi connectivity index (χ2v) is 6.15. The highest BCUT2D eigenvalue weighted by molar-refractivity contribution is 7.86. The second-order valence-electron chi connectivity index (χ2n) is 4.69. The summed E-state index contributed by atoms with van der Waals surface area (Å²) in [6.07, 6.45) is 0. The minimum absolute atomic E-state index is 0.0107. The van der Waals surface area contributed by atoms with Crippen molar-refractivity contribution in [3.8, 4) is 0 Å². The van der Waals surface area contributed by atoms with E-state index in [1.807, 2.05) is 32.9 Å². The maximum absolute atomic E-state index is 12.0. The number of carbonyl (C=O) groups is 2. The molecule has 1 atom stereocenters. The van der Waals surface area contributed by atoms with E-state index in [9.17, 15) is 13.8 Å². The van der Waals surface area contributed by atoms with Gasteiger partial charge in [-0.25, -0.2) is 0 Å². The zero-order chi connectivity index (χ0) is 14.4. The second kappa shape index (κ2) is 7.19. The van der Waals surface area contributed by atoms with Crippen LogP contribution in [0.3, 0.4) is 0 Å². The van der Waals surface area contributed by atoms with Gasteiger partial charge in [0, 0.05) is 22.4 Å². The Kier molecular flexibility index (Phi) is 5.89. The number of rotatable bonds is 6. The number of nitrogens with one attached hydrogen (secondary N) is 1. The summed E-state index contributed by atoms with van der Waals surface area (Å²) in [4.78, 5) is 23.4. The summed E-state index contributed by atoms with van der Waals surface area (Å²) in [6, 6.07) is 7.18. The number of carbonyl (C=O) groups excluding carboxylic acids is 2. The first kappa shape index (κ1) is 15.6. The van der Waals surface area contributed by atoms with Crippen molar-refractivity contribution in [3.63, 3.8) is 0 Å². The largest absolute Gasteiger partial charge is 0.353 e. The summed E-state index contributed by atoms with van der Waals surface area (Å²) in [5.74, 6) is -0.716. The zero-order valence-electron chi connectivity index (χ0n) is 11.4. The molecule has 0 heterocycles. The highest BCUT2D eigenvalue weighted by atomic mass is 32.2. The van der Waals surface area contributed by atoms with Crippen LogP contribution >= 0.6 is 0 Å². The molecule has 0 aliphatic rings. The van der Waals surface area contributed by atoms with Gasteiger partial charge in [0.05, 0.1) is 5.75 Å². The predicted molar refractivity (Wildman–Crippen MR) is 76.7 cm³/mol. The van der Waals surface area contributed by atoms with E-state index in [1.165, 1.54) is 0 Å². The van der Waals surface area contributed by atoms with Crippen molar-refractivity contribution in [2.45, 2.75) is 26.8 Å². The van der Waals surface area contributed by atoms with E-state index in [0.717, 1.165) is 5.56 Å². The molecule has 1 unspecified atom stereocenters. The quantitative estimate of drug-likeness (QED) is 0.803. The first-order valence-corrected chi connectivity index (χ1v) is 7.62. The van der Waals surface area contributed by atoms with Gasteiger partial charge in [-0.3, -0.25) is 13.8 Å². The molecule has 0 fully saturated rings. The average molecular weight is 281 g/mol. The first-order chi connectivity index (χ1) is 8.90. The molecule has 0 spiro atoms. The van der Waals surface area contributed by atoms with Crippen LogP contribution in [0.25, 0.3) is 0 Å². The molecule has 0 aliphatic heterocycles. The topological polar surface area (TPSA) is 63.2 Å². The number of aryl methyl sites for hydroxylation is 1. The summed E-state index contributed by atoms with van der Waals surface area (Å²) in [5.41, 5.74) is 1.43. The Morgan fingerprint density at radius 2 is 1.84 bits per heavy atom. The molecule has 0 bridgehead atoms. The van der Waals surface area contributed by atoms with Crippen molar-refractivity contribution >= 4 is 22.5 Å². The van der Waals surface area contributed by atoms with Crippen molar-refractivity contribution in [1.82, 2.24) is 5.32 Å². The van der Waals surface area contributed by atoms with E-state index in [4.69, 9.17) is 0 Å². The van der Waals surface area contributed by atoms with Crippen LogP contribution in [0.2, 0.25) is 0 Å². The van der Waals surface area contributed by atoms with Gasteiger partial charge in [0.15, 0.2) is 5.78 Å². The lowest BCUT2D eigenvalue weighted by Crippen LogP contribution is -2.34. The molecule has 0 aliphatic carbocycles. The van der Waals surface area contributed by atoms with Crippen LogP contribution < -0.4 is 5.32 Å². The van der Waals surface area contributed by atoms with Crippen molar-refractivity contribution < 1.29 is 13.8 Å². The molecule has 5 heteroatoms. The average Bonchev–Trinajstić information content (AvgIpc) is 2.27. The summed E-state index contributed by atoms with van der Waals surface area (Å²) >= 11 is 0. The molecular weight excluding hydrogens is 262 g/mol. The summed E-state index contributed by atoms with van der Waals surface area (Å²) in [7, 11) is -1.47. The van der Waals surface area contributed by atoms with Gasteiger partial charge in [-0.05, 0) is 26.3 Å². The van der Waals surface area contributed by atoms with Crippen molar-refractivity contribution in [3.05, 3.63) is 35.4 Å². The van der Waals surface area contributed by atoms with Crippen LogP contribution in [0.5, 0.6) is 0 Å². The molecule has 0 saturated heterocycles. The van der Waals surface area contributed by atoms with Crippen LogP contribution in [0.1, 0.15) is 29.8 Å². The maximum Gasteiger partial charge on any atom is 0.232 e. The third kappa shape index (κ3) is 5.34. The van der Waals surface area contributed by atoms with E-state index < -0.39 is 10.8 Å². The standard InChI is InChI=1S/C14H19NO3S/c1-10(2)15-14(17)9-19(18)8-13(16)12-7-5-4-6-11(12)3/h4-7,10H,8-9H2,1-3H3,(H,15,17). The molecule has 4 nitrogen and oxygen atoms in total. The van der Waals surface area contributed by atoms with E-state index in [2.05, 4.69) is 5.32 Å². The molecule has 19 heavy (non-hydrogen) atoms. The Balaban J connectivity index is 2.56. The molecule has 0 radical (unpaired) electrons. The van der Waals surface area contributed by atoms with Crippen LogP contribution in [0, 0.1) is 6.92 Å². The molecular formula is C14H19NO3S. The van der Waals surface area contributed by atoms with Gasteiger partial charge < -0.3 is 5.32 Å². The number of amides is 1. The lowest BCUT2D eigenvalue weighted by atomic mass is 10.1. The summed E-state index contributed by atoms with van der Waals surface area (Å²) in [6.45, 7) is 5.50. The van der Waals surface area contributed by atoms with Gasteiger partial charge in [-0.15, -0.1) is 0 Å². The Bertz CT molecular complexity index is 497. The third-order valence-corrected chi connectivity index (χ3v) is 3.65. The highest BCUT2D eigenvalue weighted by Gasteiger charge is 2.15. The van der Waals surface area contributed by atoms with E-state index in [1.54, 1.807) is 12.1 Å². The molecule has 104 valence electrons. The van der Waals surface area contributed by atoms with Crippen LogP contribution in [0.15, 0.2) is 24.3 Å². The molecule has 1 N–H and O–H groups in total. The SMILES string of the molecule is Cc1ccccc1C(=O)CS(=O)CC(=O)NC(C)C. The van der Waals surface area contributed by atoms with Crippen molar-refractivity contribution in [2.75, 3.05) is 11.5 Å². The predicted octanol–water partition coefficient (Wildman–Crippen LogP) is 1.45. The monoisotopic (exact) mass is 281 g/mol. The fourth-order valence-electron chi connectivity index (χ4n) is 1.67. The van der Waals surface area contributed by atoms with Gasteiger partial charge >= 0.3 is 0 Å². The third-order valence-electron chi connectivity index (χ3n) is 2.48. The number of hydrogen-bond acceptors (Lipinski definition) is 3. The fraction of sp³-hybridized carbons (Fsp3) is 0.429. The van der Waals surface area contributed by atoms with Crippen LogP contribution in [0.4, 0.5) is 0 Å². The molecule has 0 saturated carbocycles. The molecule has 1 aromatic carbocycles. The van der Waals surface area contributed by atoms with Gasteiger partial charge in [-0.2, -0.15) is 0 Å². The summed E-state index contributed by atoms with van der Waals surface area (Å²) < 4.78 is 11.8. The summed E-state index contributed by atoms with van der Waals surface area (Å²) in [5, 5.41) is 2.65. The van der Waals surface area contributed by atoms with Crippen LogP contribution in [-0.4, -0.2) is 33.4 Å². The van der Waals surface area contributed by atoms with E-state index in [-0.39, 0.29) is 29.2 Å². The molecule has 0 aromatic heterocycles. The van der Waals surface area contributed by atoms with Crippen molar-refractivity contribution in [2.24, 2.45) is 0 Å². The van der Waals surface area contributed by atoms with E-state index in [0.29, 0.717) is 5.56 Å². The lowest BCUT2D eigenvalue weighted by Gasteiger charge is -2.08. The molecule has 1 amide bonds. The van der Waals surface area contributed by atoms with Crippen molar-refractivity contribution in [1.29, 1.82) is 0 Å². The van der Waals surface area contributed by atoms with Gasteiger partial charge in [0.1, 0.15) is 5.75 Å². The Labute approximate surface area is 116 Å². The Morgan fingerprint density at radius 1 is 1.21 bits per heavy atom. The molecule has 1 rings (SSSR count). The van der Waals surface area contributed by atoms with Gasteiger partial charge in [0.25, 0.3) is 0 Å². The Morgan fingerprint density at radius 3 is 2.42 bits per heavy atom. The zero-order valence-corrected chi connectivity index (χ0v) is 12.3. The number of benzene rings is 1.